The van der Waals surface area contributed by atoms with Gasteiger partial charge in [0.1, 0.15) is 0 Å². The fourth-order valence-corrected chi connectivity index (χ4v) is 2.10. The van der Waals surface area contributed by atoms with Crippen molar-refractivity contribution in [2.45, 2.75) is 32.7 Å². The van der Waals surface area contributed by atoms with E-state index in [1.807, 2.05) is 24.3 Å². The summed E-state index contributed by atoms with van der Waals surface area (Å²) in [5.74, 6) is 0. The van der Waals surface area contributed by atoms with Crippen LogP contribution >= 0.6 is 0 Å². The van der Waals surface area contributed by atoms with Crippen LogP contribution in [0.3, 0.4) is 0 Å². The number of aliphatic hydroxyl groups excluding tert-OH is 1. The lowest BCUT2D eigenvalue weighted by Gasteiger charge is -2.28. The van der Waals surface area contributed by atoms with Gasteiger partial charge in [-0.25, -0.2) is 0 Å². The smallest absolute Gasteiger partial charge is 0.0991 e. The van der Waals surface area contributed by atoms with Gasteiger partial charge in [-0.1, -0.05) is 19.1 Å². The van der Waals surface area contributed by atoms with E-state index >= 15 is 0 Å². The molecule has 0 saturated carbocycles. The number of rotatable bonds is 7. The molecule has 1 aromatic carbocycles. The van der Waals surface area contributed by atoms with Gasteiger partial charge in [-0.05, 0) is 50.6 Å². The van der Waals surface area contributed by atoms with Crippen LogP contribution in [0.4, 0.5) is 0 Å². The first-order chi connectivity index (χ1) is 8.72. The van der Waals surface area contributed by atoms with E-state index in [0.29, 0.717) is 11.6 Å². The van der Waals surface area contributed by atoms with Crippen molar-refractivity contribution in [3.63, 3.8) is 0 Å². The van der Waals surface area contributed by atoms with Gasteiger partial charge >= 0.3 is 0 Å². The third kappa shape index (κ3) is 4.14. The summed E-state index contributed by atoms with van der Waals surface area (Å²) in [5.41, 5.74) is 1.94. The zero-order valence-corrected chi connectivity index (χ0v) is 11.3. The van der Waals surface area contributed by atoms with Crippen LogP contribution < -0.4 is 0 Å². The standard InChI is InChI=1S/C15H22N2O/c1-3-17(10-4-5-11-18)13(2)15-8-6-14(12-16)7-9-15/h6-9,13,18H,3-5,10-11H2,1-2H3. The van der Waals surface area contributed by atoms with E-state index in [1.165, 1.54) is 5.56 Å². The van der Waals surface area contributed by atoms with E-state index in [0.717, 1.165) is 25.9 Å². The molecule has 0 fully saturated rings. The molecule has 0 radical (unpaired) electrons. The molecule has 0 heterocycles. The first kappa shape index (κ1) is 14.7. The predicted octanol–water partition coefficient (Wildman–Crippen LogP) is 2.71. The monoisotopic (exact) mass is 246 g/mol. The van der Waals surface area contributed by atoms with Crippen molar-refractivity contribution < 1.29 is 5.11 Å². The van der Waals surface area contributed by atoms with Gasteiger partial charge in [0.2, 0.25) is 0 Å². The third-order valence-corrected chi connectivity index (χ3v) is 3.33. The van der Waals surface area contributed by atoms with Gasteiger partial charge in [0.05, 0.1) is 11.6 Å². The highest BCUT2D eigenvalue weighted by molar-refractivity contribution is 5.32. The lowest BCUT2D eigenvalue weighted by Crippen LogP contribution is -2.28. The summed E-state index contributed by atoms with van der Waals surface area (Å²) in [5, 5.41) is 17.6. The molecule has 0 aromatic heterocycles. The lowest BCUT2D eigenvalue weighted by molar-refractivity contribution is 0.205. The summed E-state index contributed by atoms with van der Waals surface area (Å²) in [6.07, 6.45) is 1.88. The molecular formula is C15H22N2O. The van der Waals surface area contributed by atoms with Gasteiger partial charge in [-0.3, -0.25) is 4.90 Å². The van der Waals surface area contributed by atoms with Crippen LogP contribution in [0.15, 0.2) is 24.3 Å². The van der Waals surface area contributed by atoms with E-state index in [4.69, 9.17) is 10.4 Å². The third-order valence-electron chi connectivity index (χ3n) is 3.33. The van der Waals surface area contributed by atoms with Crippen molar-refractivity contribution in [2.75, 3.05) is 19.7 Å². The summed E-state index contributed by atoms with van der Waals surface area (Å²) in [7, 11) is 0. The molecule has 0 spiro atoms. The minimum absolute atomic E-state index is 0.267. The Bertz CT molecular complexity index is 380. The van der Waals surface area contributed by atoms with Crippen LogP contribution in [-0.2, 0) is 0 Å². The van der Waals surface area contributed by atoms with Crippen molar-refractivity contribution in [2.24, 2.45) is 0 Å². The molecule has 0 aliphatic rings. The van der Waals surface area contributed by atoms with Crippen LogP contribution in [0.5, 0.6) is 0 Å². The number of nitriles is 1. The minimum Gasteiger partial charge on any atom is -0.396 e. The first-order valence-corrected chi connectivity index (χ1v) is 6.57. The molecule has 1 aromatic rings. The Morgan fingerprint density at radius 1 is 1.28 bits per heavy atom. The average molecular weight is 246 g/mol. The molecule has 3 nitrogen and oxygen atoms in total. The molecule has 18 heavy (non-hydrogen) atoms. The number of unbranched alkanes of at least 4 members (excludes halogenated alkanes) is 1. The SMILES string of the molecule is CCN(CCCCO)C(C)c1ccc(C#N)cc1. The summed E-state index contributed by atoms with van der Waals surface area (Å²) in [6, 6.07) is 10.3. The van der Waals surface area contributed by atoms with Crippen LogP contribution in [-0.4, -0.2) is 29.7 Å². The fraction of sp³-hybridized carbons (Fsp3) is 0.533. The quantitative estimate of drug-likeness (QED) is 0.752. The van der Waals surface area contributed by atoms with Crippen LogP contribution in [0.1, 0.15) is 43.9 Å². The van der Waals surface area contributed by atoms with Crippen molar-refractivity contribution in [3.05, 3.63) is 35.4 Å². The molecule has 1 rings (SSSR count). The van der Waals surface area contributed by atoms with Crippen molar-refractivity contribution in [1.82, 2.24) is 4.90 Å². The van der Waals surface area contributed by atoms with Gasteiger partial charge in [0.15, 0.2) is 0 Å². The Morgan fingerprint density at radius 2 is 1.94 bits per heavy atom. The maximum absolute atomic E-state index is 8.82. The van der Waals surface area contributed by atoms with Crippen LogP contribution in [0.2, 0.25) is 0 Å². The second kappa shape index (κ2) is 7.86. The molecular weight excluding hydrogens is 224 g/mol. The number of aliphatic hydroxyl groups is 1. The van der Waals surface area contributed by atoms with Crippen LogP contribution in [0, 0.1) is 11.3 Å². The van der Waals surface area contributed by atoms with Crippen molar-refractivity contribution in [3.8, 4) is 6.07 Å². The molecule has 1 N–H and O–H groups in total. The molecule has 0 aliphatic heterocycles. The number of hydrogen-bond acceptors (Lipinski definition) is 3. The zero-order chi connectivity index (χ0) is 13.4. The minimum atomic E-state index is 0.267. The van der Waals surface area contributed by atoms with E-state index in [-0.39, 0.29) is 6.61 Å². The molecule has 1 atom stereocenters. The Labute approximate surface area is 110 Å². The number of hydrogen-bond donors (Lipinski definition) is 1. The first-order valence-electron chi connectivity index (χ1n) is 6.57. The highest BCUT2D eigenvalue weighted by atomic mass is 16.2. The second-order valence-electron chi connectivity index (χ2n) is 4.47. The lowest BCUT2D eigenvalue weighted by atomic mass is 10.0. The van der Waals surface area contributed by atoms with E-state index in [1.54, 1.807) is 0 Å². The fourth-order valence-electron chi connectivity index (χ4n) is 2.10. The highest BCUT2D eigenvalue weighted by Crippen LogP contribution is 2.20. The van der Waals surface area contributed by atoms with E-state index in [2.05, 4.69) is 24.8 Å². The number of benzene rings is 1. The van der Waals surface area contributed by atoms with Crippen LogP contribution in [0.25, 0.3) is 0 Å². The maximum Gasteiger partial charge on any atom is 0.0991 e. The molecule has 0 bridgehead atoms. The molecule has 0 amide bonds. The van der Waals surface area contributed by atoms with E-state index < -0.39 is 0 Å². The molecule has 1 unspecified atom stereocenters. The molecule has 0 saturated heterocycles. The Kier molecular flexibility index (Phi) is 6.42. The Balaban J connectivity index is 2.64. The van der Waals surface area contributed by atoms with Gasteiger partial charge in [0.25, 0.3) is 0 Å². The van der Waals surface area contributed by atoms with Gasteiger partial charge in [-0.2, -0.15) is 5.26 Å². The van der Waals surface area contributed by atoms with Gasteiger partial charge in [0, 0.05) is 12.6 Å². The zero-order valence-electron chi connectivity index (χ0n) is 11.3. The normalized spacial score (nSPS) is 12.4. The van der Waals surface area contributed by atoms with Gasteiger partial charge < -0.3 is 5.11 Å². The molecule has 98 valence electrons. The summed E-state index contributed by atoms with van der Waals surface area (Å²) in [6.45, 7) is 6.59. The second-order valence-corrected chi connectivity index (χ2v) is 4.47. The molecule has 3 heteroatoms. The Morgan fingerprint density at radius 3 is 2.44 bits per heavy atom. The van der Waals surface area contributed by atoms with Crippen molar-refractivity contribution >= 4 is 0 Å². The predicted molar refractivity (Wildman–Crippen MR) is 73.1 cm³/mol. The average Bonchev–Trinajstić information content (AvgIpc) is 2.43. The van der Waals surface area contributed by atoms with Crippen molar-refractivity contribution in [1.29, 1.82) is 5.26 Å². The largest absolute Gasteiger partial charge is 0.396 e. The van der Waals surface area contributed by atoms with E-state index in [9.17, 15) is 0 Å². The summed E-state index contributed by atoms with van der Waals surface area (Å²) in [4.78, 5) is 2.39. The topological polar surface area (TPSA) is 47.3 Å². The van der Waals surface area contributed by atoms with Gasteiger partial charge in [-0.15, -0.1) is 0 Å². The highest BCUT2D eigenvalue weighted by Gasteiger charge is 2.13. The summed E-state index contributed by atoms with van der Waals surface area (Å²) >= 11 is 0. The maximum atomic E-state index is 8.82. The number of nitrogens with zero attached hydrogens (tertiary/aromatic N) is 2. The Hall–Kier alpha value is -1.37. The summed E-state index contributed by atoms with van der Waals surface area (Å²) < 4.78 is 0. The molecule has 0 aliphatic carbocycles.